The van der Waals surface area contributed by atoms with Crippen molar-refractivity contribution in [2.75, 3.05) is 32.8 Å². The Morgan fingerprint density at radius 1 is 1.24 bits per heavy atom. The highest BCUT2D eigenvalue weighted by Crippen LogP contribution is 2.40. The molecule has 0 aliphatic carbocycles. The summed E-state index contributed by atoms with van der Waals surface area (Å²) in [6.45, 7) is 6.74. The van der Waals surface area contributed by atoms with Gasteiger partial charge in [0.05, 0.1) is 13.2 Å². The molecule has 2 heterocycles. The molecule has 1 aromatic carbocycles. The van der Waals surface area contributed by atoms with Gasteiger partial charge in [-0.25, -0.2) is 0 Å². The maximum absolute atomic E-state index is 6.00. The minimum atomic E-state index is 0.423. The summed E-state index contributed by atoms with van der Waals surface area (Å²) in [6.07, 6.45) is 3.31. The number of likely N-dealkylation sites (tertiary alicyclic amines) is 1. The minimum Gasteiger partial charge on any atom is -0.490 e. The van der Waals surface area contributed by atoms with Crippen molar-refractivity contribution < 1.29 is 9.47 Å². The summed E-state index contributed by atoms with van der Waals surface area (Å²) < 4.78 is 11.6. The Kier molecular flexibility index (Phi) is 4.66. The van der Waals surface area contributed by atoms with Gasteiger partial charge < -0.3 is 15.2 Å². The van der Waals surface area contributed by atoms with Gasteiger partial charge in [-0.15, -0.1) is 0 Å². The molecule has 2 aliphatic heterocycles. The second-order valence-electron chi connectivity index (χ2n) is 6.02. The van der Waals surface area contributed by atoms with Crippen molar-refractivity contribution >= 4 is 0 Å². The number of ether oxygens (including phenoxy) is 2. The maximum atomic E-state index is 6.00. The summed E-state index contributed by atoms with van der Waals surface area (Å²) in [4.78, 5) is 2.57. The Morgan fingerprint density at radius 2 is 2.05 bits per heavy atom. The fourth-order valence-electron chi connectivity index (χ4n) is 3.56. The Labute approximate surface area is 127 Å². The van der Waals surface area contributed by atoms with Gasteiger partial charge in [0.15, 0.2) is 11.5 Å². The van der Waals surface area contributed by atoms with Crippen LogP contribution in [0.1, 0.15) is 37.8 Å². The SMILES string of the molecule is CCCN1CCC(CN)C1c1ccc2c(c1)OCCCO2. The zero-order valence-electron chi connectivity index (χ0n) is 12.9. The van der Waals surface area contributed by atoms with Crippen molar-refractivity contribution in [1.82, 2.24) is 4.90 Å². The smallest absolute Gasteiger partial charge is 0.161 e. The minimum absolute atomic E-state index is 0.423. The largest absolute Gasteiger partial charge is 0.490 e. The van der Waals surface area contributed by atoms with Gasteiger partial charge in [0.1, 0.15) is 0 Å². The van der Waals surface area contributed by atoms with Crippen LogP contribution in [-0.4, -0.2) is 37.7 Å². The van der Waals surface area contributed by atoms with Gasteiger partial charge in [-0.05, 0) is 56.1 Å². The first-order chi connectivity index (χ1) is 10.3. The Balaban J connectivity index is 1.88. The molecule has 0 amide bonds. The topological polar surface area (TPSA) is 47.7 Å². The quantitative estimate of drug-likeness (QED) is 0.926. The van der Waals surface area contributed by atoms with Crippen LogP contribution in [0.4, 0.5) is 0 Å². The molecule has 2 unspecified atom stereocenters. The maximum Gasteiger partial charge on any atom is 0.161 e. The van der Waals surface area contributed by atoms with Crippen LogP contribution < -0.4 is 15.2 Å². The number of hydrogen-bond acceptors (Lipinski definition) is 4. The summed E-state index contributed by atoms with van der Waals surface area (Å²) in [7, 11) is 0. The fraction of sp³-hybridized carbons (Fsp3) is 0.647. The second-order valence-corrected chi connectivity index (χ2v) is 6.02. The van der Waals surface area contributed by atoms with Gasteiger partial charge in [0.25, 0.3) is 0 Å². The normalized spacial score (nSPS) is 25.8. The van der Waals surface area contributed by atoms with Gasteiger partial charge in [-0.2, -0.15) is 0 Å². The molecule has 3 rings (SSSR count). The fourth-order valence-corrected chi connectivity index (χ4v) is 3.56. The van der Waals surface area contributed by atoms with Gasteiger partial charge in [0, 0.05) is 12.5 Å². The molecule has 116 valence electrons. The summed E-state index contributed by atoms with van der Waals surface area (Å²) in [6, 6.07) is 6.84. The van der Waals surface area contributed by atoms with E-state index >= 15 is 0 Å². The molecule has 1 fully saturated rings. The lowest BCUT2D eigenvalue weighted by Gasteiger charge is -2.28. The number of fused-ring (bicyclic) bond motifs is 1. The average molecular weight is 290 g/mol. The monoisotopic (exact) mass is 290 g/mol. The van der Waals surface area contributed by atoms with Crippen molar-refractivity contribution in [3.63, 3.8) is 0 Å². The highest BCUT2D eigenvalue weighted by molar-refractivity contribution is 5.44. The van der Waals surface area contributed by atoms with E-state index in [0.29, 0.717) is 12.0 Å². The van der Waals surface area contributed by atoms with E-state index in [1.54, 1.807) is 0 Å². The molecular formula is C17H26N2O2. The molecular weight excluding hydrogens is 264 g/mol. The number of benzene rings is 1. The van der Waals surface area contributed by atoms with Gasteiger partial charge in [0.2, 0.25) is 0 Å². The molecule has 0 spiro atoms. The number of hydrogen-bond donors (Lipinski definition) is 1. The van der Waals surface area contributed by atoms with Crippen LogP contribution in [0.3, 0.4) is 0 Å². The first-order valence-corrected chi connectivity index (χ1v) is 8.17. The van der Waals surface area contributed by atoms with Crippen molar-refractivity contribution in [3.05, 3.63) is 23.8 Å². The summed E-state index contributed by atoms with van der Waals surface area (Å²) >= 11 is 0. The van der Waals surface area contributed by atoms with Gasteiger partial charge in [-0.3, -0.25) is 4.90 Å². The van der Waals surface area contributed by atoms with Crippen LogP contribution >= 0.6 is 0 Å². The van der Waals surface area contributed by atoms with Crippen LogP contribution in [0.15, 0.2) is 18.2 Å². The molecule has 4 nitrogen and oxygen atoms in total. The zero-order valence-corrected chi connectivity index (χ0v) is 12.9. The highest BCUT2D eigenvalue weighted by Gasteiger charge is 2.34. The summed E-state index contributed by atoms with van der Waals surface area (Å²) in [5.41, 5.74) is 7.32. The van der Waals surface area contributed by atoms with Crippen molar-refractivity contribution in [2.45, 2.75) is 32.2 Å². The average Bonchev–Trinajstić information content (AvgIpc) is 2.76. The van der Waals surface area contributed by atoms with E-state index in [4.69, 9.17) is 15.2 Å². The Hall–Kier alpha value is -1.26. The standard InChI is InChI=1S/C17H26N2O2/c1-2-7-19-8-6-14(12-18)17(19)13-4-5-15-16(11-13)21-10-3-9-20-15/h4-5,11,14,17H,2-3,6-10,12,18H2,1H3. The zero-order chi connectivity index (χ0) is 14.7. The molecule has 21 heavy (non-hydrogen) atoms. The van der Waals surface area contributed by atoms with E-state index in [0.717, 1.165) is 50.8 Å². The predicted molar refractivity (Wildman–Crippen MR) is 83.8 cm³/mol. The molecule has 0 bridgehead atoms. The molecule has 1 saturated heterocycles. The van der Waals surface area contributed by atoms with Crippen LogP contribution in [-0.2, 0) is 0 Å². The lowest BCUT2D eigenvalue weighted by Crippen LogP contribution is -2.28. The highest BCUT2D eigenvalue weighted by atomic mass is 16.5. The molecule has 1 aromatic rings. The third kappa shape index (κ3) is 3.01. The third-order valence-corrected chi connectivity index (χ3v) is 4.55. The van der Waals surface area contributed by atoms with Crippen LogP contribution in [0.2, 0.25) is 0 Å². The first-order valence-electron chi connectivity index (χ1n) is 8.17. The van der Waals surface area contributed by atoms with Crippen molar-refractivity contribution in [3.8, 4) is 11.5 Å². The Bertz CT molecular complexity index is 478. The number of rotatable bonds is 4. The number of nitrogens with zero attached hydrogens (tertiary/aromatic N) is 1. The molecule has 2 atom stereocenters. The van der Waals surface area contributed by atoms with Gasteiger partial charge in [-0.1, -0.05) is 13.0 Å². The second kappa shape index (κ2) is 6.67. The summed E-state index contributed by atoms with van der Waals surface area (Å²) in [5, 5.41) is 0. The van der Waals surface area contributed by atoms with Crippen molar-refractivity contribution in [2.24, 2.45) is 11.7 Å². The van der Waals surface area contributed by atoms with E-state index in [1.165, 1.54) is 18.4 Å². The number of nitrogens with two attached hydrogens (primary N) is 1. The molecule has 2 N–H and O–H groups in total. The van der Waals surface area contributed by atoms with Crippen LogP contribution in [0.25, 0.3) is 0 Å². The van der Waals surface area contributed by atoms with E-state index in [-0.39, 0.29) is 0 Å². The van der Waals surface area contributed by atoms with Crippen molar-refractivity contribution in [1.29, 1.82) is 0 Å². The lowest BCUT2D eigenvalue weighted by molar-refractivity contribution is 0.229. The third-order valence-electron chi connectivity index (χ3n) is 4.55. The van der Waals surface area contributed by atoms with E-state index < -0.39 is 0 Å². The molecule has 0 saturated carbocycles. The molecule has 2 aliphatic rings. The predicted octanol–water partition coefficient (Wildman–Crippen LogP) is 2.58. The van der Waals surface area contributed by atoms with E-state index in [1.807, 2.05) is 0 Å². The first kappa shape index (κ1) is 14.7. The van der Waals surface area contributed by atoms with Gasteiger partial charge >= 0.3 is 0 Å². The lowest BCUT2D eigenvalue weighted by atomic mass is 9.93. The molecule has 0 radical (unpaired) electrons. The Morgan fingerprint density at radius 3 is 2.81 bits per heavy atom. The molecule has 4 heteroatoms. The van der Waals surface area contributed by atoms with Crippen LogP contribution in [0.5, 0.6) is 11.5 Å². The van der Waals surface area contributed by atoms with Crippen LogP contribution in [0, 0.1) is 5.92 Å². The summed E-state index contributed by atoms with van der Waals surface area (Å²) in [5.74, 6) is 2.31. The van der Waals surface area contributed by atoms with E-state index in [9.17, 15) is 0 Å². The van der Waals surface area contributed by atoms with E-state index in [2.05, 4.69) is 30.0 Å². The molecule has 0 aromatic heterocycles.